The predicted octanol–water partition coefficient (Wildman–Crippen LogP) is 2.89. The largest absolute Gasteiger partial charge is 0.452 e. The number of carbonyl (C=O) groups excluding carboxylic acids is 2. The number of hydrogen-bond acceptors (Lipinski definition) is 7. The van der Waals surface area contributed by atoms with Crippen LogP contribution in [0.5, 0.6) is 0 Å². The first-order chi connectivity index (χ1) is 15.8. The fourth-order valence-corrected chi connectivity index (χ4v) is 4.19. The van der Waals surface area contributed by atoms with Crippen molar-refractivity contribution in [1.82, 2.24) is 9.78 Å². The Morgan fingerprint density at radius 2 is 2.00 bits per heavy atom. The number of aliphatic hydroxyl groups excluding tert-OH is 1. The summed E-state index contributed by atoms with van der Waals surface area (Å²) in [7, 11) is 1.34. The lowest BCUT2D eigenvalue weighted by Crippen LogP contribution is -2.52. The molecule has 2 aliphatic rings. The maximum atomic E-state index is 12.9. The summed E-state index contributed by atoms with van der Waals surface area (Å²) in [5, 5.41) is 14.1. The zero-order chi connectivity index (χ0) is 23.8. The van der Waals surface area contributed by atoms with E-state index in [-0.39, 0.29) is 30.7 Å². The molecule has 2 aromatic rings. The molecule has 1 N–H and O–H groups in total. The molecule has 1 aromatic carbocycles. The van der Waals surface area contributed by atoms with E-state index in [0.29, 0.717) is 31.1 Å². The molecule has 178 valence electrons. The summed E-state index contributed by atoms with van der Waals surface area (Å²) in [5.41, 5.74) is 2.53. The van der Waals surface area contributed by atoms with Crippen LogP contribution in [0.3, 0.4) is 0 Å². The van der Waals surface area contributed by atoms with Gasteiger partial charge in [0.25, 0.3) is 0 Å². The third kappa shape index (κ3) is 4.40. The van der Waals surface area contributed by atoms with Gasteiger partial charge in [-0.05, 0) is 38.5 Å². The van der Waals surface area contributed by atoms with E-state index in [4.69, 9.17) is 14.2 Å². The molecule has 1 fully saturated rings. The number of fused-ring (bicyclic) bond motifs is 1. The molecule has 0 spiro atoms. The number of amides is 2. The highest BCUT2D eigenvalue weighted by Gasteiger charge is 2.39. The molecule has 0 saturated carbocycles. The first-order valence-corrected chi connectivity index (χ1v) is 11.0. The second kappa shape index (κ2) is 9.03. The van der Waals surface area contributed by atoms with Crippen molar-refractivity contribution in [2.45, 2.75) is 39.5 Å². The molecule has 4 rings (SSSR count). The molecular formula is C23H30N4O6. The van der Waals surface area contributed by atoms with Crippen LogP contribution in [-0.4, -0.2) is 72.7 Å². The summed E-state index contributed by atoms with van der Waals surface area (Å²) in [6, 6.07) is 5.25. The smallest absolute Gasteiger partial charge is 0.414 e. The van der Waals surface area contributed by atoms with E-state index < -0.39 is 12.2 Å². The maximum absolute atomic E-state index is 12.9. The minimum Gasteiger partial charge on any atom is -0.452 e. The molecule has 0 aliphatic carbocycles. The number of carbonyl (C=O) groups is 2. The third-order valence-electron chi connectivity index (χ3n) is 5.96. The van der Waals surface area contributed by atoms with Gasteiger partial charge in [0.1, 0.15) is 0 Å². The highest BCUT2D eigenvalue weighted by Crippen LogP contribution is 2.39. The van der Waals surface area contributed by atoms with Crippen LogP contribution in [0.25, 0.3) is 11.1 Å². The van der Waals surface area contributed by atoms with E-state index in [1.54, 1.807) is 40.6 Å². The first-order valence-electron chi connectivity index (χ1n) is 11.0. The fraction of sp³-hybridized carbons (Fsp3) is 0.522. The van der Waals surface area contributed by atoms with Crippen LogP contribution in [0.4, 0.5) is 21.0 Å². The molecule has 1 atom stereocenters. The molecule has 2 amide bonds. The zero-order valence-corrected chi connectivity index (χ0v) is 19.4. The van der Waals surface area contributed by atoms with Crippen molar-refractivity contribution in [2.75, 3.05) is 43.3 Å². The summed E-state index contributed by atoms with van der Waals surface area (Å²) in [4.78, 5) is 28.4. The molecule has 3 heterocycles. The number of aliphatic hydroxyl groups is 1. The number of ether oxygens (including phenoxy) is 3. The highest BCUT2D eigenvalue weighted by molar-refractivity contribution is 6.01. The van der Waals surface area contributed by atoms with Crippen LogP contribution in [0.1, 0.15) is 20.8 Å². The highest BCUT2D eigenvalue weighted by atomic mass is 16.6. The van der Waals surface area contributed by atoms with Gasteiger partial charge in [0.05, 0.1) is 75.2 Å². The van der Waals surface area contributed by atoms with Gasteiger partial charge in [0.2, 0.25) is 0 Å². The summed E-state index contributed by atoms with van der Waals surface area (Å²) < 4.78 is 17.5. The second-order valence-corrected chi connectivity index (χ2v) is 9.01. The summed E-state index contributed by atoms with van der Waals surface area (Å²) >= 11 is 0. The van der Waals surface area contributed by atoms with Crippen molar-refractivity contribution < 1.29 is 28.9 Å². The number of methoxy groups -OCH3 is 1. The fourth-order valence-electron chi connectivity index (χ4n) is 4.19. The second-order valence-electron chi connectivity index (χ2n) is 9.01. The van der Waals surface area contributed by atoms with Crippen LogP contribution >= 0.6 is 0 Å². The lowest BCUT2D eigenvalue weighted by molar-refractivity contribution is -0.146. The van der Waals surface area contributed by atoms with Crippen molar-refractivity contribution >= 4 is 23.6 Å². The molecule has 10 nitrogen and oxygen atoms in total. The summed E-state index contributed by atoms with van der Waals surface area (Å²) in [5.74, 6) is 0. The Morgan fingerprint density at radius 1 is 1.24 bits per heavy atom. The van der Waals surface area contributed by atoms with Crippen LogP contribution in [-0.2, 0) is 20.8 Å². The van der Waals surface area contributed by atoms with Gasteiger partial charge in [0.15, 0.2) is 0 Å². The van der Waals surface area contributed by atoms with E-state index in [9.17, 15) is 14.7 Å². The summed E-state index contributed by atoms with van der Waals surface area (Å²) in [6.07, 6.45) is 2.42. The minimum absolute atomic E-state index is 0.0372. The van der Waals surface area contributed by atoms with E-state index in [1.807, 2.05) is 25.3 Å². The van der Waals surface area contributed by atoms with Crippen molar-refractivity contribution in [2.24, 2.45) is 5.41 Å². The van der Waals surface area contributed by atoms with Gasteiger partial charge in [-0.2, -0.15) is 5.10 Å². The van der Waals surface area contributed by atoms with E-state index in [2.05, 4.69) is 5.10 Å². The predicted molar refractivity (Wildman–Crippen MR) is 121 cm³/mol. The standard InChI is InChI=1S/C23H30N4O6/c1-15(2)33-21(29)26-9-16(3)27(22(30)31-4)19-6-5-17(7-20(19)26)18-8-24-25(10-18)11-23(12-28)13-32-14-23/h5-8,10,15-16,28H,9,11-14H2,1-4H3/t16-/m0/s1. The van der Waals surface area contributed by atoms with Gasteiger partial charge in [-0.1, -0.05) is 6.07 Å². The van der Waals surface area contributed by atoms with Crippen LogP contribution < -0.4 is 9.80 Å². The Balaban J connectivity index is 1.68. The molecule has 0 radical (unpaired) electrons. The van der Waals surface area contributed by atoms with Gasteiger partial charge in [-0.15, -0.1) is 0 Å². The lowest BCUT2D eigenvalue weighted by atomic mass is 9.87. The number of aromatic nitrogens is 2. The van der Waals surface area contributed by atoms with Crippen LogP contribution in [0.15, 0.2) is 30.6 Å². The average molecular weight is 459 g/mol. The van der Waals surface area contributed by atoms with Gasteiger partial charge >= 0.3 is 12.2 Å². The van der Waals surface area contributed by atoms with Gasteiger partial charge < -0.3 is 19.3 Å². The van der Waals surface area contributed by atoms with Gasteiger partial charge in [0, 0.05) is 11.8 Å². The Labute approximate surface area is 192 Å². The topological polar surface area (TPSA) is 106 Å². The number of rotatable bonds is 5. The Morgan fingerprint density at radius 3 is 2.61 bits per heavy atom. The van der Waals surface area contributed by atoms with Crippen LogP contribution in [0, 0.1) is 5.41 Å². The third-order valence-corrected chi connectivity index (χ3v) is 5.96. The Hall–Kier alpha value is -3.11. The molecule has 33 heavy (non-hydrogen) atoms. The molecule has 0 unspecified atom stereocenters. The average Bonchev–Trinajstić information content (AvgIpc) is 3.23. The van der Waals surface area contributed by atoms with Crippen molar-refractivity contribution in [3.63, 3.8) is 0 Å². The molecule has 1 saturated heterocycles. The number of benzene rings is 1. The number of anilines is 2. The zero-order valence-electron chi connectivity index (χ0n) is 19.4. The molecule has 10 heteroatoms. The van der Waals surface area contributed by atoms with Gasteiger partial charge in [-0.3, -0.25) is 14.5 Å². The maximum Gasteiger partial charge on any atom is 0.414 e. The molecule has 2 aliphatic heterocycles. The van der Waals surface area contributed by atoms with E-state index in [1.165, 1.54) is 7.11 Å². The van der Waals surface area contributed by atoms with E-state index >= 15 is 0 Å². The molecular weight excluding hydrogens is 428 g/mol. The molecule has 0 bridgehead atoms. The lowest BCUT2D eigenvalue weighted by Gasteiger charge is -2.40. The normalized spacial score (nSPS) is 19.2. The van der Waals surface area contributed by atoms with Crippen molar-refractivity contribution in [3.05, 3.63) is 30.6 Å². The molecule has 1 aromatic heterocycles. The SMILES string of the molecule is COC(=O)N1c2ccc(-c3cnn(CC4(CO)COC4)c3)cc2N(C(=O)OC(C)C)C[C@@H]1C. The number of hydrogen-bond donors (Lipinski definition) is 1. The Bertz CT molecular complexity index is 1030. The van der Waals surface area contributed by atoms with E-state index in [0.717, 1.165) is 11.1 Å². The summed E-state index contributed by atoms with van der Waals surface area (Å²) in [6.45, 7) is 7.32. The minimum atomic E-state index is -0.488. The van der Waals surface area contributed by atoms with Gasteiger partial charge in [-0.25, -0.2) is 9.59 Å². The quantitative estimate of drug-likeness (QED) is 0.734. The Kier molecular flexibility index (Phi) is 6.31. The van der Waals surface area contributed by atoms with Crippen LogP contribution in [0.2, 0.25) is 0 Å². The van der Waals surface area contributed by atoms with Crippen molar-refractivity contribution in [1.29, 1.82) is 0 Å². The van der Waals surface area contributed by atoms with Crippen molar-refractivity contribution in [3.8, 4) is 11.1 Å². The monoisotopic (exact) mass is 458 g/mol. The number of nitrogens with zero attached hydrogens (tertiary/aromatic N) is 4. The first kappa shape index (κ1) is 23.1.